The van der Waals surface area contributed by atoms with Crippen molar-refractivity contribution in [3.8, 4) is 0 Å². The number of aromatic nitrogens is 1. The van der Waals surface area contributed by atoms with E-state index in [9.17, 15) is 4.79 Å². The number of benzene rings is 1. The van der Waals surface area contributed by atoms with Crippen LogP contribution in [0.1, 0.15) is 26.3 Å². The minimum absolute atomic E-state index is 0.0679. The molecule has 0 bridgehead atoms. The van der Waals surface area contributed by atoms with Crippen LogP contribution in [0.4, 0.5) is 0 Å². The lowest BCUT2D eigenvalue weighted by Crippen LogP contribution is -2.54. The largest absolute Gasteiger partial charge is 0.369 e. The Morgan fingerprint density at radius 3 is 2.91 bits per heavy atom. The normalized spacial score (nSPS) is 21.0. The molecule has 1 atom stereocenters. The lowest BCUT2D eigenvalue weighted by molar-refractivity contribution is -0.157. The van der Waals surface area contributed by atoms with Crippen molar-refractivity contribution >= 4 is 16.8 Å². The Morgan fingerprint density at radius 2 is 2.14 bits per heavy atom. The van der Waals surface area contributed by atoms with Crippen LogP contribution in [-0.2, 0) is 16.0 Å². The molecule has 1 aromatic heterocycles. The van der Waals surface area contributed by atoms with Gasteiger partial charge < -0.3 is 9.64 Å². The molecule has 0 saturated carbocycles. The zero-order chi connectivity index (χ0) is 15.7. The zero-order valence-corrected chi connectivity index (χ0v) is 13.4. The maximum absolute atomic E-state index is 12.7. The number of nitrogens with zero attached hydrogens (tertiary/aromatic N) is 2. The lowest BCUT2D eigenvalue weighted by atomic mass is 10.0. The van der Waals surface area contributed by atoms with E-state index in [0.717, 1.165) is 16.5 Å². The maximum Gasteiger partial charge on any atom is 0.227 e. The molecule has 0 unspecified atom stereocenters. The molecule has 4 heteroatoms. The minimum Gasteiger partial charge on any atom is -0.369 e. The van der Waals surface area contributed by atoms with Gasteiger partial charge in [0.05, 0.1) is 23.6 Å². The smallest absolute Gasteiger partial charge is 0.227 e. The first-order chi connectivity index (χ1) is 10.4. The van der Waals surface area contributed by atoms with E-state index >= 15 is 0 Å². The van der Waals surface area contributed by atoms with E-state index < -0.39 is 0 Å². The predicted molar refractivity (Wildman–Crippen MR) is 86.7 cm³/mol. The van der Waals surface area contributed by atoms with Crippen molar-refractivity contribution in [1.29, 1.82) is 0 Å². The Bertz CT molecular complexity index is 691. The van der Waals surface area contributed by atoms with Crippen LogP contribution in [0.2, 0.25) is 0 Å². The molecule has 3 rings (SSSR count). The molecule has 1 aliphatic heterocycles. The third-order valence-electron chi connectivity index (χ3n) is 3.98. The first kappa shape index (κ1) is 15.0. The standard InChI is InChI=1S/C18H22N2O2/c1-13-11-20(12-18(2,3)22-13)16(21)10-15-7-4-6-14-8-5-9-19-17(14)15/h4-9,13H,10-12H2,1-3H3/t13-/m0/s1. The Balaban J connectivity index is 1.81. The number of para-hydroxylation sites is 1. The van der Waals surface area contributed by atoms with Gasteiger partial charge in [0.25, 0.3) is 0 Å². The summed E-state index contributed by atoms with van der Waals surface area (Å²) >= 11 is 0. The zero-order valence-electron chi connectivity index (χ0n) is 13.4. The summed E-state index contributed by atoms with van der Waals surface area (Å²) in [7, 11) is 0. The van der Waals surface area contributed by atoms with Gasteiger partial charge >= 0.3 is 0 Å². The summed E-state index contributed by atoms with van der Waals surface area (Å²) in [5, 5.41) is 1.07. The molecular formula is C18H22N2O2. The summed E-state index contributed by atoms with van der Waals surface area (Å²) in [5.74, 6) is 0.140. The van der Waals surface area contributed by atoms with Gasteiger partial charge in [0.1, 0.15) is 0 Å². The second kappa shape index (κ2) is 5.69. The van der Waals surface area contributed by atoms with Crippen LogP contribution in [0, 0.1) is 0 Å². The molecule has 1 fully saturated rings. The number of fused-ring (bicyclic) bond motifs is 1. The fraction of sp³-hybridized carbons (Fsp3) is 0.444. The molecule has 1 amide bonds. The Labute approximate surface area is 131 Å². The fourth-order valence-corrected chi connectivity index (χ4v) is 3.23. The monoisotopic (exact) mass is 298 g/mol. The summed E-state index contributed by atoms with van der Waals surface area (Å²) < 4.78 is 5.87. The highest BCUT2D eigenvalue weighted by molar-refractivity contribution is 5.87. The molecular weight excluding hydrogens is 276 g/mol. The van der Waals surface area contributed by atoms with Crippen molar-refractivity contribution in [2.24, 2.45) is 0 Å². The van der Waals surface area contributed by atoms with Crippen LogP contribution in [0.15, 0.2) is 36.5 Å². The maximum atomic E-state index is 12.7. The van der Waals surface area contributed by atoms with Crippen molar-refractivity contribution in [3.05, 3.63) is 42.1 Å². The topological polar surface area (TPSA) is 42.4 Å². The van der Waals surface area contributed by atoms with Crippen molar-refractivity contribution < 1.29 is 9.53 Å². The predicted octanol–water partition coefficient (Wildman–Crippen LogP) is 2.80. The van der Waals surface area contributed by atoms with Gasteiger partial charge in [-0.05, 0) is 32.4 Å². The van der Waals surface area contributed by atoms with E-state index in [1.807, 2.05) is 56.0 Å². The van der Waals surface area contributed by atoms with Gasteiger partial charge in [0.15, 0.2) is 0 Å². The van der Waals surface area contributed by atoms with Crippen molar-refractivity contribution in [2.45, 2.75) is 38.9 Å². The van der Waals surface area contributed by atoms with Gasteiger partial charge in [-0.3, -0.25) is 9.78 Å². The number of pyridine rings is 1. The minimum atomic E-state index is -0.287. The van der Waals surface area contributed by atoms with E-state index in [0.29, 0.717) is 19.5 Å². The van der Waals surface area contributed by atoms with E-state index in [1.54, 1.807) is 6.20 Å². The second-order valence-corrected chi connectivity index (χ2v) is 6.63. The third-order valence-corrected chi connectivity index (χ3v) is 3.98. The van der Waals surface area contributed by atoms with Gasteiger partial charge in [0, 0.05) is 24.7 Å². The quantitative estimate of drug-likeness (QED) is 0.856. The van der Waals surface area contributed by atoms with Gasteiger partial charge in [-0.15, -0.1) is 0 Å². The van der Waals surface area contributed by atoms with E-state index in [-0.39, 0.29) is 17.6 Å². The lowest BCUT2D eigenvalue weighted by Gasteiger charge is -2.41. The number of hydrogen-bond donors (Lipinski definition) is 0. The molecule has 4 nitrogen and oxygen atoms in total. The Morgan fingerprint density at radius 1 is 1.36 bits per heavy atom. The third kappa shape index (κ3) is 3.12. The first-order valence-electron chi connectivity index (χ1n) is 7.73. The number of rotatable bonds is 2. The number of hydrogen-bond acceptors (Lipinski definition) is 3. The van der Waals surface area contributed by atoms with E-state index in [4.69, 9.17) is 4.74 Å². The summed E-state index contributed by atoms with van der Waals surface area (Å²) in [6.45, 7) is 7.36. The molecule has 0 aliphatic carbocycles. The van der Waals surface area contributed by atoms with Crippen molar-refractivity contribution in [2.75, 3.05) is 13.1 Å². The van der Waals surface area contributed by atoms with Gasteiger partial charge in [-0.1, -0.05) is 24.3 Å². The Kier molecular flexibility index (Phi) is 3.87. The molecule has 1 aromatic carbocycles. The summed E-state index contributed by atoms with van der Waals surface area (Å²) in [4.78, 5) is 19.0. The molecule has 2 heterocycles. The SMILES string of the molecule is C[C@H]1CN(C(=O)Cc2cccc3cccnc23)CC(C)(C)O1. The number of carbonyl (C=O) groups is 1. The van der Waals surface area contributed by atoms with Crippen LogP contribution in [0.25, 0.3) is 10.9 Å². The van der Waals surface area contributed by atoms with Gasteiger partial charge in [-0.25, -0.2) is 0 Å². The van der Waals surface area contributed by atoms with Crippen molar-refractivity contribution in [1.82, 2.24) is 9.88 Å². The highest BCUT2D eigenvalue weighted by atomic mass is 16.5. The van der Waals surface area contributed by atoms with Crippen LogP contribution >= 0.6 is 0 Å². The first-order valence-corrected chi connectivity index (χ1v) is 7.73. The molecule has 116 valence electrons. The van der Waals surface area contributed by atoms with E-state index in [2.05, 4.69) is 4.98 Å². The number of amides is 1. The number of morpholine rings is 1. The van der Waals surface area contributed by atoms with Gasteiger partial charge in [-0.2, -0.15) is 0 Å². The van der Waals surface area contributed by atoms with Gasteiger partial charge in [0.2, 0.25) is 5.91 Å². The molecule has 0 spiro atoms. The summed E-state index contributed by atoms with van der Waals surface area (Å²) in [6.07, 6.45) is 2.23. The second-order valence-electron chi connectivity index (χ2n) is 6.63. The average Bonchev–Trinajstić information content (AvgIpc) is 2.45. The highest BCUT2D eigenvalue weighted by Gasteiger charge is 2.33. The van der Waals surface area contributed by atoms with Crippen LogP contribution in [-0.4, -0.2) is 40.6 Å². The number of carbonyl (C=O) groups excluding carboxylic acids is 1. The number of ether oxygens (including phenoxy) is 1. The van der Waals surface area contributed by atoms with Crippen LogP contribution in [0.3, 0.4) is 0 Å². The molecule has 1 aliphatic rings. The fourth-order valence-electron chi connectivity index (χ4n) is 3.23. The Hall–Kier alpha value is -1.94. The van der Waals surface area contributed by atoms with Crippen LogP contribution < -0.4 is 0 Å². The molecule has 2 aromatic rings. The summed E-state index contributed by atoms with van der Waals surface area (Å²) in [6, 6.07) is 9.94. The highest BCUT2D eigenvalue weighted by Crippen LogP contribution is 2.22. The van der Waals surface area contributed by atoms with Crippen LogP contribution in [0.5, 0.6) is 0 Å². The molecule has 22 heavy (non-hydrogen) atoms. The summed E-state index contributed by atoms with van der Waals surface area (Å²) in [5.41, 5.74) is 1.61. The van der Waals surface area contributed by atoms with Crippen molar-refractivity contribution in [3.63, 3.8) is 0 Å². The molecule has 1 saturated heterocycles. The average molecular weight is 298 g/mol. The van der Waals surface area contributed by atoms with E-state index in [1.165, 1.54) is 0 Å². The molecule has 0 radical (unpaired) electrons. The molecule has 0 N–H and O–H groups in total.